The van der Waals surface area contributed by atoms with E-state index in [9.17, 15) is 9.90 Å². The Morgan fingerprint density at radius 2 is 1.97 bits per heavy atom. The van der Waals surface area contributed by atoms with Crippen LogP contribution in [0.1, 0.15) is 71.8 Å². The lowest BCUT2D eigenvalue weighted by atomic mass is 9.56. The molecule has 3 aromatic rings. The fourth-order valence-corrected chi connectivity index (χ4v) is 6.48. The maximum atomic E-state index is 13.2. The third kappa shape index (κ3) is 4.68. The van der Waals surface area contributed by atoms with E-state index in [1.165, 1.54) is 16.7 Å². The number of carbonyl (C=O) groups is 1. The van der Waals surface area contributed by atoms with Crippen LogP contribution < -0.4 is 5.32 Å². The Kier molecular flexibility index (Phi) is 6.69. The molecule has 0 spiro atoms. The van der Waals surface area contributed by atoms with Crippen molar-refractivity contribution in [2.45, 2.75) is 69.8 Å². The molecule has 0 saturated heterocycles. The Morgan fingerprint density at radius 3 is 2.75 bits per heavy atom. The van der Waals surface area contributed by atoms with Gasteiger partial charge in [-0.1, -0.05) is 42.3 Å². The Balaban J connectivity index is 1.53. The Morgan fingerprint density at radius 1 is 1.14 bits per heavy atom. The summed E-state index contributed by atoms with van der Waals surface area (Å²) in [7, 11) is 0. The molecule has 36 heavy (non-hydrogen) atoms. The SMILES string of the molecule is CC#C[C@@]1(O)CC[C@]2(Cc3ccccc3)c3ccc(C(=O)Nc4cccnc4C)cc3CCC[C@@H]2C1. The number of anilines is 1. The van der Waals surface area contributed by atoms with Crippen LogP contribution in [-0.2, 0) is 18.3 Å². The van der Waals surface area contributed by atoms with Crippen molar-refractivity contribution in [3.8, 4) is 11.8 Å². The number of aromatic nitrogens is 1. The number of hydrogen-bond donors (Lipinski definition) is 2. The molecule has 1 amide bonds. The second-order valence-corrected chi connectivity index (χ2v) is 10.5. The molecule has 1 fully saturated rings. The van der Waals surface area contributed by atoms with Gasteiger partial charge in [0.15, 0.2) is 0 Å². The van der Waals surface area contributed by atoms with Gasteiger partial charge in [-0.25, -0.2) is 0 Å². The predicted molar refractivity (Wildman–Crippen MR) is 144 cm³/mol. The molecule has 2 aliphatic carbocycles. The fraction of sp³-hybridized carbons (Fsp3) is 0.375. The zero-order valence-electron chi connectivity index (χ0n) is 21.2. The minimum atomic E-state index is -0.911. The van der Waals surface area contributed by atoms with E-state index in [0.717, 1.165) is 43.5 Å². The molecular weight excluding hydrogens is 444 g/mol. The quantitative estimate of drug-likeness (QED) is 0.451. The average Bonchev–Trinajstić information content (AvgIpc) is 3.02. The van der Waals surface area contributed by atoms with E-state index in [0.29, 0.717) is 24.3 Å². The number of aliphatic hydroxyl groups is 1. The normalized spacial score (nSPS) is 24.9. The van der Waals surface area contributed by atoms with Crippen LogP contribution >= 0.6 is 0 Å². The van der Waals surface area contributed by atoms with E-state index in [-0.39, 0.29) is 11.3 Å². The minimum Gasteiger partial charge on any atom is -0.378 e. The van der Waals surface area contributed by atoms with Crippen molar-refractivity contribution in [3.63, 3.8) is 0 Å². The largest absolute Gasteiger partial charge is 0.378 e. The molecule has 5 rings (SSSR count). The minimum absolute atomic E-state index is 0.0796. The van der Waals surface area contributed by atoms with E-state index >= 15 is 0 Å². The van der Waals surface area contributed by atoms with Crippen LogP contribution in [0.15, 0.2) is 66.9 Å². The molecule has 0 bridgehead atoms. The highest BCUT2D eigenvalue weighted by Crippen LogP contribution is 2.53. The summed E-state index contributed by atoms with van der Waals surface area (Å²) in [5.41, 5.74) is 5.14. The Labute approximate surface area is 214 Å². The third-order valence-electron chi connectivity index (χ3n) is 8.23. The highest BCUT2D eigenvalue weighted by Gasteiger charge is 2.50. The molecule has 4 heteroatoms. The van der Waals surface area contributed by atoms with Crippen molar-refractivity contribution < 1.29 is 9.90 Å². The van der Waals surface area contributed by atoms with E-state index in [4.69, 9.17) is 0 Å². The van der Waals surface area contributed by atoms with Gasteiger partial charge in [0.1, 0.15) is 5.60 Å². The molecule has 2 aromatic carbocycles. The van der Waals surface area contributed by atoms with Crippen molar-refractivity contribution in [2.24, 2.45) is 5.92 Å². The Hall–Kier alpha value is -3.42. The molecule has 1 saturated carbocycles. The number of carbonyl (C=O) groups excluding carboxylic acids is 1. The van der Waals surface area contributed by atoms with Crippen LogP contribution in [-0.4, -0.2) is 21.6 Å². The lowest BCUT2D eigenvalue weighted by Crippen LogP contribution is -2.48. The molecule has 0 radical (unpaired) electrons. The summed E-state index contributed by atoms with van der Waals surface area (Å²) in [6.45, 7) is 3.71. The summed E-state index contributed by atoms with van der Waals surface area (Å²) in [5.74, 6) is 6.31. The van der Waals surface area contributed by atoms with Crippen LogP contribution in [0.2, 0.25) is 0 Å². The van der Waals surface area contributed by atoms with Gasteiger partial charge >= 0.3 is 0 Å². The molecule has 184 valence electrons. The molecule has 0 aliphatic heterocycles. The first-order chi connectivity index (χ1) is 17.4. The number of rotatable bonds is 4. The van der Waals surface area contributed by atoms with Gasteiger partial charge < -0.3 is 10.4 Å². The average molecular weight is 479 g/mol. The van der Waals surface area contributed by atoms with Gasteiger partial charge in [0.05, 0.1) is 11.4 Å². The van der Waals surface area contributed by atoms with Crippen molar-refractivity contribution in [1.82, 2.24) is 4.98 Å². The van der Waals surface area contributed by atoms with Gasteiger partial charge in [-0.3, -0.25) is 9.78 Å². The number of benzene rings is 2. The monoisotopic (exact) mass is 478 g/mol. The zero-order valence-corrected chi connectivity index (χ0v) is 21.2. The molecule has 1 aromatic heterocycles. The number of nitrogens with zero attached hydrogens (tertiary/aromatic N) is 1. The third-order valence-corrected chi connectivity index (χ3v) is 8.23. The fourth-order valence-electron chi connectivity index (χ4n) is 6.48. The van der Waals surface area contributed by atoms with Crippen LogP contribution in [0.5, 0.6) is 0 Å². The summed E-state index contributed by atoms with van der Waals surface area (Å²) >= 11 is 0. The highest BCUT2D eigenvalue weighted by molar-refractivity contribution is 6.04. The van der Waals surface area contributed by atoms with Crippen LogP contribution in [0.25, 0.3) is 0 Å². The lowest BCUT2D eigenvalue weighted by Gasteiger charge is -2.49. The second-order valence-electron chi connectivity index (χ2n) is 10.5. The first-order valence-corrected chi connectivity index (χ1v) is 13.0. The second kappa shape index (κ2) is 9.91. The van der Waals surface area contributed by atoms with E-state index in [1.54, 1.807) is 6.20 Å². The Bertz CT molecular complexity index is 1320. The van der Waals surface area contributed by atoms with Crippen molar-refractivity contribution in [3.05, 3.63) is 94.8 Å². The molecule has 4 nitrogen and oxygen atoms in total. The number of aryl methyl sites for hydroxylation is 2. The maximum Gasteiger partial charge on any atom is 0.255 e. The van der Waals surface area contributed by atoms with Gasteiger partial charge in [-0.15, -0.1) is 5.92 Å². The molecule has 2 aliphatic rings. The van der Waals surface area contributed by atoms with E-state index in [1.807, 2.05) is 32.0 Å². The van der Waals surface area contributed by atoms with E-state index < -0.39 is 5.60 Å². The van der Waals surface area contributed by atoms with Gasteiger partial charge in [-0.2, -0.15) is 0 Å². The molecule has 1 heterocycles. The summed E-state index contributed by atoms with van der Waals surface area (Å²) in [6.07, 6.45) is 7.93. The van der Waals surface area contributed by atoms with Crippen molar-refractivity contribution >= 4 is 11.6 Å². The number of pyridine rings is 1. The standard InChI is InChI=1S/C32H34N2O2/c1-3-16-31(36)17-18-32(21-24-9-5-4-6-10-24)27(22-31)12-7-11-25-20-26(14-15-28(25)32)30(35)34-29-13-8-19-33-23(29)2/h4-6,8-10,13-15,19-20,27,36H,7,11-12,17-18,21-22H2,1-2H3,(H,34,35)/t27-,31-,32-/m1/s1. The number of nitrogens with one attached hydrogen (secondary N) is 1. The van der Waals surface area contributed by atoms with Crippen LogP contribution in [0.4, 0.5) is 5.69 Å². The molecule has 2 N–H and O–H groups in total. The first kappa shape index (κ1) is 24.3. The predicted octanol–water partition coefficient (Wildman–Crippen LogP) is 6.01. The zero-order chi connectivity index (χ0) is 25.2. The smallest absolute Gasteiger partial charge is 0.255 e. The van der Waals surface area contributed by atoms with Crippen LogP contribution in [0.3, 0.4) is 0 Å². The summed E-state index contributed by atoms with van der Waals surface area (Å²) in [5, 5.41) is 14.3. The van der Waals surface area contributed by atoms with E-state index in [2.05, 4.69) is 64.6 Å². The molecular formula is C32H34N2O2. The van der Waals surface area contributed by atoms with Gasteiger partial charge in [0.2, 0.25) is 0 Å². The van der Waals surface area contributed by atoms with Gasteiger partial charge in [-0.05, 0) is 106 Å². The summed E-state index contributed by atoms with van der Waals surface area (Å²) in [6, 6.07) is 20.7. The maximum absolute atomic E-state index is 13.2. The first-order valence-electron chi connectivity index (χ1n) is 13.0. The summed E-state index contributed by atoms with van der Waals surface area (Å²) in [4.78, 5) is 17.4. The van der Waals surface area contributed by atoms with Gasteiger partial charge in [0.25, 0.3) is 5.91 Å². The summed E-state index contributed by atoms with van der Waals surface area (Å²) < 4.78 is 0. The topological polar surface area (TPSA) is 62.2 Å². The molecule has 0 unspecified atom stereocenters. The number of fused-ring (bicyclic) bond motifs is 3. The number of hydrogen-bond acceptors (Lipinski definition) is 3. The number of amides is 1. The molecule has 3 atom stereocenters. The van der Waals surface area contributed by atoms with Crippen molar-refractivity contribution in [1.29, 1.82) is 0 Å². The van der Waals surface area contributed by atoms with Crippen molar-refractivity contribution in [2.75, 3.05) is 5.32 Å². The highest BCUT2D eigenvalue weighted by atomic mass is 16.3. The van der Waals surface area contributed by atoms with Crippen LogP contribution in [0, 0.1) is 24.7 Å². The lowest BCUT2D eigenvalue weighted by molar-refractivity contribution is -0.00358. The van der Waals surface area contributed by atoms with Gasteiger partial charge in [0, 0.05) is 17.2 Å².